The van der Waals surface area contributed by atoms with Gasteiger partial charge in [-0.2, -0.15) is 0 Å². The third kappa shape index (κ3) is 2.60. The van der Waals surface area contributed by atoms with E-state index in [1.165, 1.54) is 6.33 Å². The number of nitrogens with zero attached hydrogens (tertiary/aromatic N) is 6. The summed E-state index contributed by atoms with van der Waals surface area (Å²) in [6.45, 7) is 0. The molecule has 3 aromatic rings. The summed E-state index contributed by atoms with van der Waals surface area (Å²) in [4.78, 5) is 22.4. The minimum absolute atomic E-state index is 0.213. The highest BCUT2D eigenvalue weighted by Crippen LogP contribution is 2.32. The lowest BCUT2D eigenvalue weighted by Crippen LogP contribution is -1.93. The van der Waals surface area contributed by atoms with Crippen LogP contribution < -0.4 is 0 Å². The van der Waals surface area contributed by atoms with Gasteiger partial charge in [0.25, 0.3) is 0 Å². The van der Waals surface area contributed by atoms with Gasteiger partial charge < -0.3 is 14.7 Å². The fraction of sp³-hybridized carbons (Fsp3) is 0.0909. The van der Waals surface area contributed by atoms with Crippen LogP contribution in [-0.4, -0.2) is 34.6 Å². The van der Waals surface area contributed by atoms with E-state index >= 15 is 0 Å². The zero-order valence-electron chi connectivity index (χ0n) is 10.8. The Morgan fingerprint density at radius 3 is 3.05 bits per heavy atom. The number of H-pyrrole nitrogens is 1. The number of aromatic nitrogens is 6. The topological polar surface area (TPSA) is 115 Å². The lowest BCUT2D eigenvalue weighted by molar-refractivity contribution is -0.392. The standard InChI is InChI=1S/C11H9N7O2S/c1-17-6-13-9(18(19)20)10(17)21-11-14-8(15-16-11)7-3-2-4-12-5-7/h2-6H,1H3,(H,14,15,16). The van der Waals surface area contributed by atoms with E-state index in [9.17, 15) is 10.1 Å². The normalized spacial score (nSPS) is 10.7. The van der Waals surface area contributed by atoms with Gasteiger partial charge in [0.2, 0.25) is 11.5 Å². The maximum atomic E-state index is 10.9. The molecule has 0 fully saturated rings. The van der Waals surface area contributed by atoms with Crippen LogP contribution in [-0.2, 0) is 7.05 Å². The number of nitrogens with one attached hydrogen (secondary N) is 1. The summed E-state index contributed by atoms with van der Waals surface area (Å²) in [5.41, 5.74) is 0.788. The summed E-state index contributed by atoms with van der Waals surface area (Å²) >= 11 is 1.08. The van der Waals surface area contributed by atoms with Gasteiger partial charge in [-0.05, 0) is 33.8 Å². The van der Waals surface area contributed by atoms with Crippen molar-refractivity contribution in [1.82, 2.24) is 29.7 Å². The minimum atomic E-state index is -0.531. The number of aryl methyl sites for hydroxylation is 1. The molecule has 3 aromatic heterocycles. The van der Waals surface area contributed by atoms with Crippen molar-refractivity contribution in [3.8, 4) is 11.4 Å². The molecule has 0 saturated heterocycles. The summed E-state index contributed by atoms with van der Waals surface area (Å²) in [5, 5.41) is 18.5. The van der Waals surface area contributed by atoms with Gasteiger partial charge in [0.1, 0.15) is 0 Å². The molecule has 21 heavy (non-hydrogen) atoms. The van der Waals surface area contributed by atoms with Crippen LogP contribution in [0.5, 0.6) is 0 Å². The lowest BCUT2D eigenvalue weighted by Gasteiger charge is -1.97. The van der Waals surface area contributed by atoms with Crippen LogP contribution in [0.4, 0.5) is 5.82 Å². The predicted molar refractivity (Wildman–Crippen MR) is 73.6 cm³/mol. The van der Waals surface area contributed by atoms with Crippen LogP contribution in [0, 0.1) is 10.1 Å². The maximum absolute atomic E-state index is 10.9. The van der Waals surface area contributed by atoms with Gasteiger partial charge >= 0.3 is 5.82 Å². The first kappa shape index (κ1) is 13.2. The van der Waals surface area contributed by atoms with Crippen molar-refractivity contribution in [1.29, 1.82) is 0 Å². The molecule has 0 bridgehead atoms. The minimum Gasteiger partial charge on any atom is -0.358 e. The molecule has 0 aliphatic heterocycles. The SMILES string of the molecule is Cn1cnc([N+](=O)[O-])c1Sc1n[nH]c(-c2cccnc2)n1. The largest absolute Gasteiger partial charge is 0.396 e. The van der Waals surface area contributed by atoms with Crippen LogP contribution in [0.2, 0.25) is 0 Å². The molecule has 0 amide bonds. The van der Waals surface area contributed by atoms with Crippen molar-refractivity contribution < 1.29 is 4.92 Å². The number of nitro groups is 1. The van der Waals surface area contributed by atoms with Crippen molar-refractivity contribution in [2.24, 2.45) is 7.05 Å². The second-order valence-corrected chi connectivity index (χ2v) is 5.01. The molecule has 0 radical (unpaired) electrons. The number of aromatic amines is 1. The molecule has 3 rings (SSSR count). The molecular formula is C11H9N7O2S. The number of hydrogen-bond donors (Lipinski definition) is 1. The van der Waals surface area contributed by atoms with E-state index < -0.39 is 4.92 Å². The fourth-order valence-corrected chi connectivity index (χ4v) is 2.47. The summed E-state index contributed by atoms with van der Waals surface area (Å²) in [6, 6.07) is 3.63. The van der Waals surface area contributed by atoms with E-state index in [1.54, 1.807) is 30.1 Å². The summed E-state index contributed by atoms with van der Waals surface area (Å²) in [6.07, 6.45) is 4.70. The van der Waals surface area contributed by atoms with Crippen molar-refractivity contribution in [2.45, 2.75) is 10.2 Å². The first-order chi connectivity index (χ1) is 10.1. The van der Waals surface area contributed by atoms with Crippen molar-refractivity contribution >= 4 is 17.6 Å². The molecule has 10 heteroatoms. The number of hydrogen-bond acceptors (Lipinski definition) is 7. The highest BCUT2D eigenvalue weighted by Gasteiger charge is 2.22. The highest BCUT2D eigenvalue weighted by molar-refractivity contribution is 7.99. The van der Waals surface area contributed by atoms with E-state index in [1.807, 2.05) is 6.07 Å². The Labute approximate surface area is 122 Å². The van der Waals surface area contributed by atoms with E-state index in [4.69, 9.17) is 0 Å². The van der Waals surface area contributed by atoms with Crippen molar-refractivity contribution in [3.05, 3.63) is 41.0 Å². The summed E-state index contributed by atoms with van der Waals surface area (Å²) in [7, 11) is 1.68. The Balaban J connectivity index is 1.89. The molecule has 0 aliphatic carbocycles. The Morgan fingerprint density at radius 2 is 2.33 bits per heavy atom. The van der Waals surface area contributed by atoms with E-state index in [0.717, 1.165) is 17.3 Å². The second kappa shape index (κ2) is 5.32. The van der Waals surface area contributed by atoms with Gasteiger partial charge in [0, 0.05) is 25.0 Å². The van der Waals surface area contributed by atoms with Crippen LogP contribution in [0.1, 0.15) is 0 Å². The quantitative estimate of drug-likeness (QED) is 0.575. The first-order valence-corrected chi connectivity index (χ1v) is 6.63. The van der Waals surface area contributed by atoms with Crippen LogP contribution in [0.3, 0.4) is 0 Å². The zero-order valence-corrected chi connectivity index (χ0v) is 11.6. The predicted octanol–water partition coefficient (Wildman–Crippen LogP) is 1.66. The molecule has 0 unspecified atom stereocenters. The molecule has 106 valence electrons. The van der Waals surface area contributed by atoms with Crippen molar-refractivity contribution in [2.75, 3.05) is 0 Å². The van der Waals surface area contributed by atoms with Crippen LogP contribution in [0.25, 0.3) is 11.4 Å². The Bertz CT molecular complexity index is 783. The third-order valence-electron chi connectivity index (χ3n) is 2.63. The number of pyridine rings is 1. The fourth-order valence-electron chi connectivity index (χ4n) is 1.66. The molecular weight excluding hydrogens is 294 g/mol. The Hall–Kier alpha value is -2.75. The first-order valence-electron chi connectivity index (χ1n) is 5.81. The van der Waals surface area contributed by atoms with Gasteiger partial charge in [0.15, 0.2) is 10.9 Å². The molecule has 3 heterocycles. The molecule has 0 aromatic carbocycles. The Morgan fingerprint density at radius 1 is 1.48 bits per heavy atom. The lowest BCUT2D eigenvalue weighted by atomic mass is 10.3. The number of imidazole rings is 1. The molecule has 0 saturated carbocycles. The van der Waals surface area contributed by atoms with Crippen molar-refractivity contribution in [3.63, 3.8) is 0 Å². The molecule has 9 nitrogen and oxygen atoms in total. The highest BCUT2D eigenvalue weighted by atomic mass is 32.2. The molecule has 0 atom stereocenters. The van der Waals surface area contributed by atoms with Gasteiger partial charge in [-0.1, -0.05) is 0 Å². The van der Waals surface area contributed by atoms with E-state index in [2.05, 4.69) is 25.1 Å². The summed E-state index contributed by atoms with van der Waals surface area (Å²) < 4.78 is 1.56. The molecule has 0 spiro atoms. The van der Waals surface area contributed by atoms with Crippen LogP contribution in [0.15, 0.2) is 41.0 Å². The van der Waals surface area contributed by atoms with Crippen LogP contribution >= 0.6 is 11.8 Å². The molecule has 1 N–H and O–H groups in total. The Kier molecular flexibility index (Phi) is 3.36. The van der Waals surface area contributed by atoms with Gasteiger partial charge in [-0.25, -0.2) is 4.98 Å². The average molecular weight is 303 g/mol. The van der Waals surface area contributed by atoms with E-state index in [0.29, 0.717) is 16.0 Å². The zero-order chi connectivity index (χ0) is 14.8. The van der Waals surface area contributed by atoms with E-state index in [-0.39, 0.29) is 5.82 Å². The maximum Gasteiger partial charge on any atom is 0.396 e. The average Bonchev–Trinajstić information content (AvgIpc) is 3.08. The van der Waals surface area contributed by atoms with Gasteiger partial charge in [-0.15, -0.1) is 5.10 Å². The monoisotopic (exact) mass is 303 g/mol. The number of rotatable bonds is 4. The summed E-state index contributed by atoms with van der Waals surface area (Å²) in [5.74, 6) is 0.339. The third-order valence-corrected chi connectivity index (χ3v) is 3.65. The van der Waals surface area contributed by atoms with Gasteiger partial charge in [0.05, 0.1) is 0 Å². The van der Waals surface area contributed by atoms with Gasteiger partial charge in [-0.3, -0.25) is 10.1 Å². The molecule has 0 aliphatic rings. The smallest absolute Gasteiger partial charge is 0.358 e. The second-order valence-electron chi connectivity index (χ2n) is 4.05.